The van der Waals surface area contributed by atoms with Gasteiger partial charge in [0.15, 0.2) is 5.96 Å². The van der Waals surface area contributed by atoms with Crippen LogP contribution in [0.4, 0.5) is 0 Å². The lowest BCUT2D eigenvalue weighted by Crippen LogP contribution is -2.47. The molecule has 0 aliphatic heterocycles. The van der Waals surface area contributed by atoms with Crippen molar-refractivity contribution in [3.63, 3.8) is 0 Å². The summed E-state index contributed by atoms with van der Waals surface area (Å²) in [5, 5.41) is 20.3. The molecular weight excluding hydrogens is 432 g/mol. The lowest BCUT2D eigenvalue weighted by atomic mass is 10.1. The lowest BCUT2D eigenvalue weighted by molar-refractivity contribution is -0.123. The minimum atomic E-state index is -0.762. The Labute approximate surface area is 192 Å². The number of benzene rings is 1. The van der Waals surface area contributed by atoms with Crippen LogP contribution in [0.5, 0.6) is 0 Å². The van der Waals surface area contributed by atoms with Gasteiger partial charge in [-0.25, -0.2) is 9.67 Å². The third-order valence-electron chi connectivity index (χ3n) is 4.65. The molecule has 0 radical (unpaired) electrons. The van der Waals surface area contributed by atoms with Crippen molar-refractivity contribution in [2.24, 2.45) is 11.7 Å². The topological polar surface area (TPSA) is 151 Å². The molecule has 2 rings (SSSR count). The van der Waals surface area contributed by atoms with Crippen molar-refractivity contribution in [1.82, 2.24) is 30.7 Å². The third-order valence-corrected chi connectivity index (χ3v) is 4.89. The first kappa shape index (κ1) is 25.1. The Morgan fingerprint density at radius 3 is 2.62 bits per heavy atom. The van der Waals surface area contributed by atoms with E-state index < -0.39 is 11.9 Å². The van der Waals surface area contributed by atoms with Crippen molar-refractivity contribution < 1.29 is 9.59 Å². The minimum absolute atomic E-state index is 0.0377. The highest BCUT2D eigenvalue weighted by atomic mass is 35.5. The first-order chi connectivity index (χ1) is 15.2. The SMILES string of the molecule is Cc1nc(C(=O)N[C@@H](CCCNC(=N)N)C(=O)NCCC(C)C)nn1-c1cccc(Cl)c1. The van der Waals surface area contributed by atoms with E-state index in [0.717, 1.165) is 6.42 Å². The van der Waals surface area contributed by atoms with Crippen molar-refractivity contribution in [2.75, 3.05) is 13.1 Å². The van der Waals surface area contributed by atoms with Gasteiger partial charge in [-0.3, -0.25) is 15.0 Å². The van der Waals surface area contributed by atoms with Crippen LogP contribution < -0.4 is 21.7 Å². The number of hydrogen-bond acceptors (Lipinski definition) is 5. The van der Waals surface area contributed by atoms with E-state index in [1.54, 1.807) is 25.1 Å². The van der Waals surface area contributed by atoms with Crippen LogP contribution in [0.25, 0.3) is 5.69 Å². The number of nitrogens with two attached hydrogens (primary N) is 1. The normalized spacial score (nSPS) is 11.8. The number of guanidine groups is 1. The lowest BCUT2D eigenvalue weighted by Gasteiger charge is -2.18. The molecule has 2 amide bonds. The molecule has 32 heavy (non-hydrogen) atoms. The van der Waals surface area contributed by atoms with Gasteiger partial charge < -0.3 is 21.7 Å². The Hall–Kier alpha value is -3.14. The van der Waals surface area contributed by atoms with E-state index in [-0.39, 0.29) is 17.7 Å². The number of halogens is 1. The number of rotatable bonds is 11. The molecule has 6 N–H and O–H groups in total. The monoisotopic (exact) mass is 462 g/mol. The summed E-state index contributed by atoms with van der Waals surface area (Å²) in [6.07, 6.45) is 1.74. The largest absolute Gasteiger partial charge is 0.370 e. The van der Waals surface area contributed by atoms with Crippen molar-refractivity contribution in [3.8, 4) is 5.69 Å². The van der Waals surface area contributed by atoms with Gasteiger partial charge in [0.2, 0.25) is 11.7 Å². The second-order valence-corrected chi connectivity index (χ2v) is 8.29. The van der Waals surface area contributed by atoms with Crippen molar-refractivity contribution in [2.45, 2.75) is 46.1 Å². The standard InChI is InChI=1S/C21H31ClN8O2/c1-13(2)9-11-25-19(31)17(8-5-10-26-21(23)24)28-20(32)18-27-14(3)30(29-18)16-7-4-6-15(22)12-16/h4,6-7,12-13,17H,5,8-11H2,1-3H3,(H,25,31)(H,28,32)(H4,23,24,26)/t17-/m0/s1. The van der Waals surface area contributed by atoms with E-state index in [4.69, 9.17) is 22.7 Å². The number of aromatic nitrogens is 3. The van der Waals surface area contributed by atoms with E-state index in [9.17, 15) is 9.59 Å². The van der Waals surface area contributed by atoms with Crippen LogP contribution in [-0.4, -0.2) is 51.7 Å². The molecule has 11 heteroatoms. The zero-order valence-corrected chi connectivity index (χ0v) is 19.4. The van der Waals surface area contributed by atoms with Gasteiger partial charge in [0.1, 0.15) is 11.9 Å². The summed E-state index contributed by atoms with van der Waals surface area (Å²) >= 11 is 6.05. The molecule has 0 spiro atoms. The highest BCUT2D eigenvalue weighted by molar-refractivity contribution is 6.30. The summed E-state index contributed by atoms with van der Waals surface area (Å²) in [6.45, 7) is 6.82. The van der Waals surface area contributed by atoms with E-state index in [1.165, 1.54) is 4.68 Å². The Kier molecular flexibility index (Phi) is 9.45. The molecule has 1 heterocycles. The molecule has 0 unspecified atom stereocenters. The van der Waals surface area contributed by atoms with Crippen molar-refractivity contribution in [1.29, 1.82) is 5.41 Å². The van der Waals surface area contributed by atoms with Crippen LogP contribution in [0.15, 0.2) is 24.3 Å². The van der Waals surface area contributed by atoms with E-state index in [2.05, 4.69) is 39.9 Å². The predicted molar refractivity (Wildman–Crippen MR) is 124 cm³/mol. The first-order valence-electron chi connectivity index (χ1n) is 10.5. The maximum Gasteiger partial charge on any atom is 0.291 e. The van der Waals surface area contributed by atoms with Crippen molar-refractivity contribution in [3.05, 3.63) is 40.9 Å². The molecular formula is C21H31ClN8O2. The van der Waals surface area contributed by atoms with Gasteiger partial charge >= 0.3 is 0 Å². The molecule has 0 aliphatic carbocycles. The van der Waals surface area contributed by atoms with Crippen LogP contribution in [0.3, 0.4) is 0 Å². The number of nitrogens with one attached hydrogen (secondary N) is 4. The van der Waals surface area contributed by atoms with Crippen LogP contribution in [0, 0.1) is 18.3 Å². The zero-order chi connectivity index (χ0) is 23.7. The molecule has 0 bridgehead atoms. The highest BCUT2D eigenvalue weighted by Crippen LogP contribution is 2.15. The second kappa shape index (κ2) is 12.0. The number of aryl methyl sites for hydroxylation is 1. The minimum Gasteiger partial charge on any atom is -0.370 e. The summed E-state index contributed by atoms with van der Waals surface area (Å²) in [5.41, 5.74) is 5.97. The smallest absolute Gasteiger partial charge is 0.291 e. The number of hydrogen-bond donors (Lipinski definition) is 5. The fourth-order valence-corrected chi connectivity index (χ4v) is 3.15. The fraction of sp³-hybridized carbons (Fsp3) is 0.476. The van der Waals surface area contributed by atoms with Gasteiger partial charge in [-0.05, 0) is 50.3 Å². The second-order valence-electron chi connectivity index (χ2n) is 7.86. The van der Waals surface area contributed by atoms with Crippen molar-refractivity contribution >= 4 is 29.4 Å². The number of nitrogens with zero attached hydrogens (tertiary/aromatic N) is 3. The Bertz CT molecular complexity index is 944. The molecule has 174 valence electrons. The quantitative estimate of drug-likeness (QED) is 0.195. The molecule has 0 saturated carbocycles. The molecule has 0 aliphatic rings. The first-order valence-corrected chi connectivity index (χ1v) is 10.9. The summed E-state index contributed by atoms with van der Waals surface area (Å²) in [7, 11) is 0. The van der Waals surface area contributed by atoms with Crippen LogP contribution >= 0.6 is 11.6 Å². The summed E-state index contributed by atoms with van der Waals surface area (Å²) in [6, 6.07) is 6.29. The maximum absolute atomic E-state index is 12.8. The van der Waals surface area contributed by atoms with E-state index in [0.29, 0.717) is 48.4 Å². The van der Waals surface area contributed by atoms with Gasteiger partial charge in [0, 0.05) is 18.1 Å². The molecule has 1 aromatic heterocycles. The number of carbonyl (C=O) groups excluding carboxylic acids is 2. The van der Waals surface area contributed by atoms with E-state index >= 15 is 0 Å². The van der Waals surface area contributed by atoms with Crippen LogP contribution in [0.1, 0.15) is 49.6 Å². The van der Waals surface area contributed by atoms with Gasteiger partial charge in [-0.2, -0.15) is 0 Å². The average Bonchev–Trinajstić information content (AvgIpc) is 3.11. The zero-order valence-electron chi connectivity index (χ0n) is 18.6. The average molecular weight is 463 g/mol. The molecule has 0 saturated heterocycles. The molecule has 2 aromatic rings. The number of amides is 2. The van der Waals surface area contributed by atoms with Gasteiger partial charge in [-0.15, -0.1) is 5.10 Å². The van der Waals surface area contributed by atoms with E-state index in [1.807, 2.05) is 6.07 Å². The molecule has 10 nitrogen and oxygen atoms in total. The third kappa shape index (κ3) is 7.84. The van der Waals surface area contributed by atoms with Gasteiger partial charge in [0.05, 0.1) is 5.69 Å². The maximum atomic E-state index is 12.8. The predicted octanol–water partition coefficient (Wildman–Crippen LogP) is 1.75. The summed E-state index contributed by atoms with van der Waals surface area (Å²) < 4.78 is 1.52. The van der Waals surface area contributed by atoms with Gasteiger partial charge in [-0.1, -0.05) is 31.5 Å². The highest BCUT2D eigenvalue weighted by Gasteiger charge is 2.24. The Morgan fingerprint density at radius 1 is 1.22 bits per heavy atom. The van der Waals surface area contributed by atoms with Crippen LogP contribution in [-0.2, 0) is 4.79 Å². The molecule has 1 atom stereocenters. The fourth-order valence-electron chi connectivity index (χ4n) is 2.97. The molecule has 1 aromatic carbocycles. The molecule has 0 fully saturated rings. The van der Waals surface area contributed by atoms with Crippen LogP contribution in [0.2, 0.25) is 5.02 Å². The summed E-state index contributed by atoms with van der Waals surface area (Å²) in [5.74, 6) is -0.0282. The Morgan fingerprint density at radius 2 is 1.97 bits per heavy atom. The van der Waals surface area contributed by atoms with Gasteiger partial charge in [0.25, 0.3) is 5.91 Å². The number of carbonyl (C=O) groups is 2. The summed E-state index contributed by atoms with van der Waals surface area (Å²) in [4.78, 5) is 29.7. The Balaban J connectivity index is 2.09.